The number of nitro groups is 1. The first kappa shape index (κ1) is 13.9. The number of nitrogens with one attached hydrogen (secondary N) is 1. The van der Waals surface area contributed by atoms with Gasteiger partial charge >= 0.3 is 0 Å². The molecule has 0 bridgehead atoms. The van der Waals surface area contributed by atoms with Crippen molar-refractivity contribution in [1.82, 2.24) is 5.32 Å². The Balaban J connectivity index is 2.70. The molecule has 1 rings (SSSR count). The number of benzene rings is 1. The highest BCUT2D eigenvalue weighted by Gasteiger charge is 2.13. The van der Waals surface area contributed by atoms with E-state index >= 15 is 0 Å². The van der Waals surface area contributed by atoms with Crippen LogP contribution in [0.25, 0.3) is 0 Å². The van der Waals surface area contributed by atoms with Gasteiger partial charge in [-0.2, -0.15) is 0 Å². The molecule has 0 unspecified atom stereocenters. The van der Waals surface area contributed by atoms with Gasteiger partial charge in [0.2, 0.25) is 0 Å². The average molecular weight is 259 g/mol. The van der Waals surface area contributed by atoms with Gasteiger partial charge in [-0.25, -0.2) is 0 Å². The van der Waals surface area contributed by atoms with Crippen molar-refractivity contribution in [2.75, 3.05) is 6.54 Å². The summed E-state index contributed by atoms with van der Waals surface area (Å²) in [6, 6.07) is 4.29. The van der Waals surface area contributed by atoms with Gasteiger partial charge in [0.25, 0.3) is 5.69 Å². The van der Waals surface area contributed by atoms with Crippen LogP contribution in [0.4, 0.5) is 5.69 Å². The van der Waals surface area contributed by atoms with Crippen molar-refractivity contribution in [3.05, 3.63) is 38.9 Å². The summed E-state index contributed by atoms with van der Waals surface area (Å²) in [4.78, 5) is 10.1. The predicted octanol–water partition coefficient (Wildman–Crippen LogP) is 2.11. The van der Waals surface area contributed by atoms with Gasteiger partial charge in [0, 0.05) is 30.2 Å². The highest BCUT2D eigenvalue weighted by atomic mass is 35.5. The molecule has 1 aromatic carbocycles. The molecule has 94 valence electrons. The first-order valence-electron chi connectivity index (χ1n) is 5.15. The zero-order valence-corrected chi connectivity index (χ0v) is 10.5. The smallest absolute Gasteiger partial charge is 0.269 e. The molecule has 0 spiro atoms. The minimum atomic E-state index is -0.826. The number of rotatable bonds is 5. The summed E-state index contributed by atoms with van der Waals surface area (Å²) in [5.74, 6) is 0. The Morgan fingerprint density at radius 2 is 2.18 bits per heavy atom. The minimum Gasteiger partial charge on any atom is -0.389 e. The molecule has 6 heteroatoms. The second-order valence-corrected chi connectivity index (χ2v) is 4.86. The lowest BCUT2D eigenvalue weighted by atomic mass is 10.1. The van der Waals surface area contributed by atoms with Crippen LogP contribution < -0.4 is 5.32 Å². The maximum Gasteiger partial charge on any atom is 0.269 e. The van der Waals surface area contributed by atoms with E-state index in [0.29, 0.717) is 23.7 Å². The first-order valence-corrected chi connectivity index (χ1v) is 5.53. The van der Waals surface area contributed by atoms with Gasteiger partial charge < -0.3 is 10.4 Å². The van der Waals surface area contributed by atoms with Gasteiger partial charge in [-0.05, 0) is 25.5 Å². The number of halogens is 1. The van der Waals surface area contributed by atoms with E-state index in [2.05, 4.69) is 5.32 Å². The molecule has 0 aliphatic heterocycles. The minimum absolute atomic E-state index is 0.00876. The van der Waals surface area contributed by atoms with E-state index in [9.17, 15) is 15.2 Å². The first-order chi connectivity index (χ1) is 7.79. The molecule has 0 radical (unpaired) electrons. The highest BCUT2D eigenvalue weighted by Crippen LogP contribution is 2.21. The second-order valence-electron chi connectivity index (χ2n) is 4.45. The Hall–Kier alpha value is -1.17. The number of nitro benzene ring substituents is 1. The van der Waals surface area contributed by atoms with Crippen LogP contribution in [0, 0.1) is 10.1 Å². The average Bonchev–Trinajstić information content (AvgIpc) is 2.18. The quantitative estimate of drug-likeness (QED) is 0.627. The highest BCUT2D eigenvalue weighted by molar-refractivity contribution is 6.31. The van der Waals surface area contributed by atoms with Crippen LogP contribution in [0.2, 0.25) is 5.02 Å². The van der Waals surface area contributed by atoms with Crippen molar-refractivity contribution in [2.24, 2.45) is 0 Å². The summed E-state index contributed by atoms with van der Waals surface area (Å²) in [6.45, 7) is 4.11. The molecule has 0 saturated heterocycles. The Morgan fingerprint density at radius 3 is 2.71 bits per heavy atom. The van der Waals surface area contributed by atoms with Crippen molar-refractivity contribution in [3.8, 4) is 0 Å². The molecule has 0 heterocycles. The largest absolute Gasteiger partial charge is 0.389 e. The lowest BCUT2D eigenvalue weighted by molar-refractivity contribution is -0.384. The summed E-state index contributed by atoms with van der Waals surface area (Å²) in [5.41, 5.74) is -0.174. The van der Waals surface area contributed by atoms with Crippen LogP contribution in [0.3, 0.4) is 0 Å². The van der Waals surface area contributed by atoms with Crippen molar-refractivity contribution in [2.45, 2.75) is 26.0 Å². The standard InChI is InChI=1S/C11H15ClN2O3/c1-11(2,15)7-13-6-8-5-9(14(16)17)3-4-10(8)12/h3-5,13,15H,6-7H2,1-2H3. The molecular formula is C11H15ClN2O3. The summed E-state index contributed by atoms with van der Waals surface area (Å²) < 4.78 is 0. The van der Waals surface area contributed by atoms with Crippen molar-refractivity contribution in [3.63, 3.8) is 0 Å². The molecule has 17 heavy (non-hydrogen) atoms. The van der Waals surface area contributed by atoms with E-state index in [-0.39, 0.29) is 5.69 Å². The van der Waals surface area contributed by atoms with Crippen LogP contribution in [0.1, 0.15) is 19.4 Å². The fraction of sp³-hybridized carbons (Fsp3) is 0.455. The fourth-order valence-corrected chi connectivity index (χ4v) is 1.50. The van der Waals surface area contributed by atoms with Gasteiger partial charge in [-0.1, -0.05) is 11.6 Å². The monoisotopic (exact) mass is 258 g/mol. The number of aliphatic hydroxyl groups is 1. The van der Waals surface area contributed by atoms with Crippen LogP contribution in [0.5, 0.6) is 0 Å². The normalized spacial score (nSPS) is 11.5. The molecule has 0 saturated carbocycles. The summed E-state index contributed by atoms with van der Waals surface area (Å²) >= 11 is 5.93. The van der Waals surface area contributed by atoms with E-state index in [1.807, 2.05) is 0 Å². The molecule has 1 aromatic rings. The lowest BCUT2D eigenvalue weighted by Gasteiger charge is -2.17. The zero-order chi connectivity index (χ0) is 13.1. The number of hydrogen-bond acceptors (Lipinski definition) is 4. The summed E-state index contributed by atoms with van der Waals surface area (Å²) in [7, 11) is 0. The van der Waals surface area contributed by atoms with Gasteiger partial charge in [0.05, 0.1) is 10.5 Å². The van der Waals surface area contributed by atoms with Crippen LogP contribution in [0.15, 0.2) is 18.2 Å². The second kappa shape index (κ2) is 5.44. The number of non-ortho nitro benzene ring substituents is 1. The molecule has 0 atom stereocenters. The van der Waals surface area contributed by atoms with Gasteiger partial charge in [0.15, 0.2) is 0 Å². The Bertz CT molecular complexity index is 416. The van der Waals surface area contributed by atoms with E-state index < -0.39 is 10.5 Å². The van der Waals surface area contributed by atoms with Gasteiger partial charge in [0.1, 0.15) is 0 Å². The Kier molecular flexibility index (Phi) is 4.45. The number of nitrogens with zero attached hydrogens (tertiary/aromatic N) is 1. The van der Waals surface area contributed by atoms with Gasteiger partial charge in [-0.3, -0.25) is 10.1 Å². The van der Waals surface area contributed by atoms with Crippen molar-refractivity contribution >= 4 is 17.3 Å². The van der Waals surface area contributed by atoms with Gasteiger partial charge in [-0.15, -0.1) is 0 Å². The molecule has 0 amide bonds. The van der Waals surface area contributed by atoms with Crippen molar-refractivity contribution in [1.29, 1.82) is 0 Å². The molecule has 5 nitrogen and oxygen atoms in total. The topological polar surface area (TPSA) is 75.4 Å². The SMILES string of the molecule is CC(C)(O)CNCc1cc([N+](=O)[O-])ccc1Cl. The lowest BCUT2D eigenvalue weighted by Crippen LogP contribution is -2.34. The molecule has 0 aliphatic carbocycles. The maximum atomic E-state index is 10.6. The molecular weight excluding hydrogens is 244 g/mol. The van der Waals surface area contributed by atoms with E-state index in [4.69, 9.17) is 11.6 Å². The van der Waals surface area contributed by atoms with Crippen LogP contribution in [-0.2, 0) is 6.54 Å². The van der Waals surface area contributed by atoms with E-state index in [1.54, 1.807) is 13.8 Å². The summed E-state index contributed by atoms with van der Waals surface area (Å²) in [6.07, 6.45) is 0. The van der Waals surface area contributed by atoms with Crippen LogP contribution in [-0.4, -0.2) is 22.2 Å². The molecule has 0 aliphatic rings. The molecule has 0 aromatic heterocycles. The third-order valence-electron chi connectivity index (χ3n) is 2.11. The Labute approximate surface area is 105 Å². The summed E-state index contributed by atoms with van der Waals surface area (Å²) in [5, 5.41) is 23.6. The third kappa shape index (κ3) is 4.68. The Morgan fingerprint density at radius 1 is 1.53 bits per heavy atom. The fourth-order valence-electron chi connectivity index (χ4n) is 1.31. The van der Waals surface area contributed by atoms with E-state index in [0.717, 1.165) is 0 Å². The van der Waals surface area contributed by atoms with Crippen LogP contribution >= 0.6 is 11.6 Å². The number of hydrogen-bond donors (Lipinski definition) is 2. The predicted molar refractivity (Wildman–Crippen MR) is 66.1 cm³/mol. The molecule has 0 fully saturated rings. The maximum absolute atomic E-state index is 10.6. The zero-order valence-electron chi connectivity index (χ0n) is 9.74. The molecule has 2 N–H and O–H groups in total. The third-order valence-corrected chi connectivity index (χ3v) is 2.48. The van der Waals surface area contributed by atoms with Crippen molar-refractivity contribution < 1.29 is 10.0 Å². The van der Waals surface area contributed by atoms with E-state index in [1.165, 1.54) is 18.2 Å².